The van der Waals surface area contributed by atoms with E-state index in [9.17, 15) is 33.0 Å². The molecule has 0 amide bonds. The van der Waals surface area contributed by atoms with E-state index in [0.717, 1.165) is 18.2 Å². The van der Waals surface area contributed by atoms with E-state index in [1.165, 1.54) is 37.5 Å². The molecular weight excluding hydrogens is 481 g/mol. The summed E-state index contributed by atoms with van der Waals surface area (Å²) in [5.41, 5.74) is 1.44. The molecule has 2 aromatic rings. The molecule has 0 aromatic heterocycles. The Labute approximate surface area is 206 Å². The Morgan fingerprint density at radius 1 is 0.972 bits per heavy atom. The molecule has 0 saturated carbocycles. The molecule has 0 bridgehead atoms. The minimum atomic E-state index is -5.00. The van der Waals surface area contributed by atoms with Gasteiger partial charge in [0.15, 0.2) is 23.1 Å². The lowest BCUT2D eigenvalue weighted by Crippen LogP contribution is -2.21. The predicted molar refractivity (Wildman–Crippen MR) is 126 cm³/mol. The lowest BCUT2D eigenvalue weighted by molar-refractivity contribution is -0.275. The highest BCUT2D eigenvalue weighted by atomic mass is 19.4. The van der Waals surface area contributed by atoms with Gasteiger partial charge < -0.3 is 24.4 Å². The average molecular weight is 508 g/mol. The summed E-state index contributed by atoms with van der Waals surface area (Å²) in [4.78, 5) is 25.7. The van der Waals surface area contributed by atoms with E-state index < -0.39 is 35.3 Å². The molecule has 0 radical (unpaired) electrons. The fourth-order valence-corrected chi connectivity index (χ4v) is 3.17. The van der Waals surface area contributed by atoms with Crippen molar-refractivity contribution in [1.82, 2.24) is 0 Å². The molecule has 0 saturated heterocycles. The topological polar surface area (TPSA) is 102 Å². The number of hydrogen-bond acceptors (Lipinski definition) is 7. The van der Waals surface area contributed by atoms with Gasteiger partial charge in [0.25, 0.3) is 0 Å². The summed E-state index contributed by atoms with van der Waals surface area (Å²) in [6, 6.07) is 8.02. The molecule has 1 atom stereocenters. The number of aryl methyl sites for hydroxylation is 1. The summed E-state index contributed by atoms with van der Waals surface area (Å²) in [5.74, 6) is -3.48. The number of rotatable bonds is 13. The van der Waals surface area contributed by atoms with Crippen molar-refractivity contribution in [2.75, 3.05) is 20.5 Å². The van der Waals surface area contributed by atoms with Gasteiger partial charge in [0, 0.05) is 13.7 Å². The van der Waals surface area contributed by atoms with Crippen LogP contribution in [0.5, 0.6) is 17.2 Å². The number of carbonyl (C=O) groups excluding carboxylic acids is 2. The van der Waals surface area contributed by atoms with Gasteiger partial charge in [-0.3, -0.25) is 9.59 Å². The average Bonchev–Trinajstić information content (AvgIpc) is 2.81. The van der Waals surface area contributed by atoms with Crippen molar-refractivity contribution in [3.8, 4) is 17.2 Å². The maximum Gasteiger partial charge on any atom is 0.573 e. The number of benzene rings is 2. The zero-order valence-electron chi connectivity index (χ0n) is 19.7. The van der Waals surface area contributed by atoms with Crippen molar-refractivity contribution >= 4 is 23.7 Å². The molecule has 0 aliphatic heterocycles. The number of alkyl halides is 3. The minimum absolute atomic E-state index is 0.0652. The van der Waals surface area contributed by atoms with Gasteiger partial charge in [0.1, 0.15) is 12.5 Å². The number of allylic oxidation sites excluding steroid dienone is 2. The first-order valence-corrected chi connectivity index (χ1v) is 10.9. The first-order valence-electron chi connectivity index (χ1n) is 10.9. The number of carbonyl (C=O) groups is 2. The fourth-order valence-electron chi connectivity index (χ4n) is 3.17. The van der Waals surface area contributed by atoms with Crippen LogP contribution in [0.4, 0.5) is 13.2 Å². The summed E-state index contributed by atoms with van der Waals surface area (Å²) in [6.45, 7) is 2.03. The molecule has 2 aromatic carbocycles. The Morgan fingerprint density at radius 3 is 2.11 bits per heavy atom. The van der Waals surface area contributed by atoms with E-state index in [-0.39, 0.29) is 31.1 Å². The van der Waals surface area contributed by atoms with Gasteiger partial charge in [-0.05, 0) is 72.9 Å². The summed E-state index contributed by atoms with van der Waals surface area (Å²) in [6.07, 6.45) is 0.687. The van der Waals surface area contributed by atoms with E-state index in [1.54, 1.807) is 19.1 Å². The van der Waals surface area contributed by atoms with Crippen molar-refractivity contribution in [2.45, 2.75) is 26.1 Å². The van der Waals surface area contributed by atoms with Gasteiger partial charge in [0.2, 0.25) is 0 Å². The van der Waals surface area contributed by atoms with Crippen LogP contribution in [0.25, 0.3) is 12.2 Å². The van der Waals surface area contributed by atoms with Gasteiger partial charge in [-0.15, -0.1) is 13.2 Å². The largest absolute Gasteiger partial charge is 0.573 e. The van der Waals surface area contributed by atoms with E-state index in [1.807, 2.05) is 0 Å². The van der Waals surface area contributed by atoms with Crippen LogP contribution < -0.4 is 4.74 Å². The Bertz CT molecular complexity index is 1110. The van der Waals surface area contributed by atoms with Gasteiger partial charge in [-0.1, -0.05) is 24.3 Å². The second-order valence-electron chi connectivity index (χ2n) is 7.80. The first-order chi connectivity index (χ1) is 17.0. The number of phenols is 2. The third-order valence-corrected chi connectivity index (χ3v) is 4.98. The zero-order chi connectivity index (χ0) is 26.7. The van der Waals surface area contributed by atoms with Crippen LogP contribution in [0, 0.1) is 12.8 Å². The standard InChI is InChI=1S/C26H27F3O7/c1-17-14-18(5-9-21(17)30)6-10-22(31)20(4-3-13-35-16-34-2)23(32)11-7-19-8-12-24(33)25(15-19)36-26(27,28)29/h5-12,14-15,20,30,33H,3-4,13,16H2,1-2H3/b10-6+,11-7+. The summed E-state index contributed by atoms with van der Waals surface area (Å²) < 4.78 is 51.3. The molecule has 36 heavy (non-hydrogen) atoms. The third kappa shape index (κ3) is 9.55. The number of halogens is 3. The van der Waals surface area contributed by atoms with Crippen molar-refractivity contribution in [3.05, 3.63) is 65.2 Å². The molecule has 0 aliphatic rings. The molecule has 0 heterocycles. The molecular formula is C26H27F3O7. The van der Waals surface area contributed by atoms with Crippen molar-refractivity contribution in [3.63, 3.8) is 0 Å². The lowest BCUT2D eigenvalue weighted by Gasteiger charge is -2.12. The molecule has 0 aliphatic carbocycles. The Morgan fingerprint density at radius 2 is 1.56 bits per heavy atom. The summed E-state index contributed by atoms with van der Waals surface area (Å²) in [7, 11) is 1.46. The van der Waals surface area contributed by atoms with Gasteiger partial charge in [0.05, 0.1) is 5.92 Å². The summed E-state index contributed by atoms with van der Waals surface area (Å²) >= 11 is 0. The van der Waals surface area contributed by atoms with Gasteiger partial charge in [-0.25, -0.2) is 0 Å². The van der Waals surface area contributed by atoms with Gasteiger partial charge >= 0.3 is 6.36 Å². The first kappa shape index (κ1) is 28.6. The Balaban J connectivity index is 2.18. The highest BCUT2D eigenvalue weighted by Crippen LogP contribution is 2.32. The van der Waals surface area contributed by atoms with Crippen LogP contribution in [0.2, 0.25) is 0 Å². The molecule has 2 rings (SSSR count). The number of ketones is 2. The molecule has 1 unspecified atom stereocenters. The van der Waals surface area contributed by atoms with Crippen LogP contribution in [-0.2, 0) is 19.1 Å². The molecule has 2 N–H and O–H groups in total. The third-order valence-electron chi connectivity index (χ3n) is 4.98. The van der Waals surface area contributed by atoms with Crippen molar-refractivity contribution < 1.29 is 47.2 Å². The number of phenolic OH excluding ortho intramolecular Hbond substituents is 2. The second kappa shape index (κ2) is 13.5. The molecule has 10 heteroatoms. The lowest BCUT2D eigenvalue weighted by atomic mass is 9.92. The highest BCUT2D eigenvalue weighted by Gasteiger charge is 2.32. The minimum Gasteiger partial charge on any atom is -0.508 e. The fraction of sp³-hybridized carbons (Fsp3) is 0.308. The molecule has 0 fully saturated rings. The number of ether oxygens (including phenoxy) is 3. The van der Waals surface area contributed by atoms with Crippen LogP contribution in [0.15, 0.2) is 48.6 Å². The number of aromatic hydroxyl groups is 2. The Hall–Kier alpha value is -3.63. The predicted octanol–water partition coefficient (Wildman–Crippen LogP) is 5.19. The zero-order valence-corrected chi connectivity index (χ0v) is 19.7. The van der Waals surface area contributed by atoms with Crippen LogP contribution in [-0.4, -0.2) is 48.7 Å². The maximum absolute atomic E-state index is 12.9. The Kier molecular flexibility index (Phi) is 10.7. The van der Waals surface area contributed by atoms with E-state index in [4.69, 9.17) is 9.47 Å². The maximum atomic E-state index is 12.9. The second-order valence-corrected chi connectivity index (χ2v) is 7.80. The number of hydrogen-bond donors (Lipinski definition) is 2. The summed E-state index contributed by atoms with van der Waals surface area (Å²) in [5, 5.41) is 19.2. The molecule has 0 spiro atoms. The number of methoxy groups -OCH3 is 1. The quantitative estimate of drug-likeness (QED) is 0.166. The van der Waals surface area contributed by atoms with E-state index in [2.05, 4.69) is 4.74 Å². The van der Waals surface area contributed by atoms with Crippen LogP contribution >= 0.6 is 0 Å². The monoisotopic (exact) mass is 508 g/mol. The van der Waals surface area contributed by atoms with E-state index >= 15 is 0 Å². The molecule has 194 valence electrons. The SMILES string of the molecule is COCOCCCC(C(=O)/C=C/c1ccc(O)c(C)c1)C(=O)/C=C/c1ccc(O)c(OC(F)(F)F)c1. The smallest absolute Gasteiger partial charge is 0.508 e. The highest BCUT2D eigenvalue weighted by molar-refractivity contribution is 6.13. The normalized spacial score (nSPS) is 12.8. The van der Waals surface area contributed by atoms with Crippen LogP contribution in [0.1, 0.15) is 29.5 Å². The van der Waals surface area contributed by atoms with Gasteiger partial charge in [-0.2, -0.15) is 0 Å². The molecule has 7 nitrogen and oxygen atoms in total. The van der Waals surface area contributed by atoms with Crippen molar-refractivity contribution in [1.29, 1.82) is 0 Å². The van der Waals surface area contributed by atoms with E-state index in [0.29, 0.717) is 17.5 Å². The van der Waals surface area contributed by atoms with Crippen molar-refractivity contribution in [2.24, 2.45) is 5.92 Å². The van der Waals surface area contributed by atoms with Crippen LogP contribution in [0.3, 0.4) is 0 Å².